The Labute approximate surface area is 111 Å². The normalized spacial score (nSPS) is 17.5. The monoisotopic (exact) mass is 251 g/mol. The molecule has 0 saturated carbocycles. The summed E-state index contributed by atoms with van der Waals surface area (Å²) in [6, 6.07) is 14.9. The molecule has 0 bridgehead atoms. The van der Waals surface area contributed by atoms with Gasteiger partial charge in [-0.2, -0.15) is 5.26 Å². The zero-order valence-electron chi connectivity index (χ0n) is 10.3. The van der Waals surface area contributed by atoms with Gasteiger partial charge in [-0.15, -0.1) is 0 Å². The molecule has 0 amide bonds. The van der Waals surface area contributed by atoms with E-state index in [0.717, 1.165) is 23.1 Å². The molecule has 19 heavy (non-hydrogen) atoms. The third kappa shape index (κ3) is 2.18. The quantitative estimate of drug-likeness (QED) is 0.847. The number of phenols is 1. The lowest BCUT2D eigenvalue weighted by Crippen LogP contribution is -2.17. The maximum atomic E-state index is 9.54. The highest BCUT2D eigenvalue weighted by Gasteiger charge is 2.22. The predicted octanol–water partition coefficient (Wildman–Crippen LogP) is 2.93. The van der Waals surface area contributed by atoms with Crippen molar-refractivity contribution in [3.8, 4) is 11.8 Å². The molecule has 0 spiro atoms. The fourth-order valence-corrected chi connectivity index (χ4v) is 2.45. The van der Waals surface area contributed by atoms with Crippen LogP contribution in [0.25, 0.3) is 0 Å². The van der Waals surface area contributed by atoms with Crippen LogP contribution in [0, 0.1) is 11.3 Å². The van der Waals surface area contributed by atoms with Gasteiger partial charge in [-0.1, -0.05) is 18.2 Å². The highest BCUT2D eigenvalue weighted by Crippen LogP contribution is 2.34. The molecule has 3 rings (SSSR count). The largest absolute Gasteiger partial charge is 0.508 e. The molecule has 1 unspecified atom stereocenters. The summed E-state index contributed by atoms with van der Waals surface area (Å²) in [6.07, 6.45) is 0.702. The van der Waals surface area contributed by atoms with Gasteiger partial charge in [-0.05, 0) is 47.4 Å². The minimum atomic E-state index is -0.114. The van der Waals surface area contributed by atoms with Crippen molar-refractivity contribution in [2.24, 2.45) is 0 Å². The topological polar surface area (TPSA) is 53.2 Å². The summed E-state index contributed by atoms with van der Waals surface area (Å²) >= 11 is 0. The van der Waals surface area contributed by atoms with E-state index in [1.165, 1.54) is 0 Å². The average Bonchev–Trinajstić information content (AvgIpc) is 2.46. The number of nitriles is 1. The van der Waals surface area contributed by atoms with Crippen molar-refractivity contribution in [2.45, 2.75) is 12.5 Å². The molecule has 1 heterocycles. The van der Waals surface area contributed by atoms with E-state index >= 15 is 0 Å². The SMILES string of the molecule is N#Cc1ccc(C2OCCc3cc(O)ccc32)cc1. The second-order valence-corrected chi connectivity index (χ2v) is 4.62. The molecular weight excluding hydrogens is 238 g/mol. The number of fused-ring (bicyclic) bond motifs is 1. The van der Waals surface area contributed by atoms with Crippen molar-refractivity contribution in [1.82, 2.24) is 0 Å². The maximum Gasteiger partial charge on any atom is 0.115 e. The molecule has 3 heteroatoms. The van der Waals surface area contributed by atoms with Gasteiger partial charge in [0.1, 0.15) is 11.9 Å². The third-order valence-electron chi connectivity index (χ3n) is 3.41. The molecule has 0 aliphatic carbocycles. The number of aromatic hydroxyl groups is 1. The molecule has 2 aromatic rings. The van der Waals surface area contributed by atoms with Gasteiger partial charge in [0.25, 0.3) is 0 Å². The highest BCUT2D eigenvalue weighted by atomic mass is 16.5. The molecule has 2 aromatic carbocycles. The van der Waals surface area contributed by atoms with Crippen LogP contribution in [-0.2, 0) is 11.2 Å². The minimum Gasteiger partial charge on any atom is -0.508 e. The number of nitrogens with zero attached hydrogens (tertiary/aromatic N) is 1. The summed E-state index contributed by atoms with van der Waals surface area (Å²) in [4.78, 5) is 0. The Kier molecular flexibility index (Phi) is 2.94. The minimum absolute atomic E-state index is 0.114. The standard InChI is InChI=1S/C16H13NO2/c17-10-11-1-3-12(4-2-11)16-15-6-5-14(18)9-13(15)7-8-19-16/h1-6,9,16,18H,7-8H2. The molecule has 94 valence electrons. The van der Waals surface area contributed by atoms with Gasteiger partial charge < -0.3 is 9.84 Å². The smallest absolute Gasteiger partial charge is 0.115 e. The molecule has 0 fully saturated rings. The number of benzene rings is 2. The first-order valence-corrected chi connectivity index (χ1v) is 6.21. The first kappa shape index (κ1) is 11.8. The summed E-state index contributed by atoms with van der Waals surface area (Å²) in [5.74, 6) is 0.291. The van der Waals surface area contributed by atoms with Crippen LogP contribution in [0.4, 0.5) is 0 Å². The average molecular weight is 251 g/mol. The third-order valence-corrected chi connectivity index (χ3v) is 3.41. The van der Waals surface area contributed by atoms with Crippen molar-refractivity contribution >= 4 is 0 Å². The molecule has 1 aliphatic heterocycles. The van der Waals surface area contributed by atoms with E-state index < -0.39 is 0 Å². The van der Waals surface area contributed by atoms with Crippen LogP contribution >= 0.6 is 0 Å². The second kappa shape index (κ2) is 4.75. The van der Waals surface area contributed by atoms with Gasteiger partial charge in [-0.25, -0.2) is 0 Å². The van der Waals surface area contributed by atoms with E-state index in [1.807, 2.05) is 18.2 Å². The summed E-state index contributed by atoms with van der Waals surface area (Å²) in [5.41, 5.74) is 3.89. The zero-order valence-corrected chi connectivity index (χ0v) is 10.3. The van der Waals surface area contributed by atoms with Crippen molar-refractivity contribution < 1.29 is 9.84 Å². The van der Waals surface area contributed by atoms with Crippen LogP contribution in [0.3, 0.4) is 0 Å². The Hall–Kier alpha value is -2.31. The van der Waals surface area contributed by atoms with Crippen LogP contribution in [0.5, 0.6) is 5.75 Å². The lowest BCUT2D eigenvalue weighted by atomic mass is 9.92. The van der Waals surface area contributed by atoms with Crippen molar-refractivity contribution in [3.63, 3.8) is 0 Å². The number of hydrogen-bond acceptors (Lipinski definition) is 3. The van der Waals surface area contributed by atoms with E-state index in [1.54, 1.807) is 24.3 Å². The first-order chi connectivity index (χ1) is 9.28. The van der Waals surface area contributed by atoms with Crippen molar-refractivity contribution in [1.29, 1.82) is 5.26 Å². The van der Waals surface area contributed by atoms with Crippen LogP contribution in [-0.4, -0.2) is 11.7 Å². The lowest BCUT2D eigenvalue weighted by molar-refractivity contribution is 0.0697. The van der Waals surface area contributed by atoms with Crippen LogP contribution in [0.15, 0.2) is 42.5 Å². The van der Waals surface area contributed by atoms with Gasteiger partial charge in [0.15, 0.2) is 0 Å². The van der Waals surface area contributed by atoms with E-state index in [0.29, 0.717) is 17.9 Å². The fourth-order valence-electron chi connectivity index (χ4n) is 2.45. The molecule has 0 radical (unpaired) electrons. The fraction of sp³-hybridized carbons (Fsp3) is 0.188. The van der Waals surface area contributed by atoms with E-state index in [2.05, 4.69) is 6.07 Å². The van der Waals surface area contributed by atoms with Gasteiger partial charge in [0.05, 0.1) is 18.2 Å². The Balaban J connectivity index is 2.01. The summed E-state index contributed by atoms with van der Waals surface area (Å²) in [5, 5.41) is 18.4. The second-order valence-electron chi connectivity index (χ2n) is 4.62. The predicted molar refractivity (Wildman–Crippen MR) is 70.8 cm³/mol. The van der Waals surface area contributed by atoms with Gasteiger partial charge in [-0.3, -0.25) is 0 Å². The number of hydrogen-bond donors (Lipinski definition) is 1. The summed E-state index contributed by atoms with van der Waals surface area (Å²) in [6.45, 7) is 0.640. The summed E-state index contributed by atoms with van der Waals surface area (Å²) < 4.78 is 5.84. The lowest BCUT2D eigenvalue weighted by Gasteiger charge is -2.26. The Morgan fingerprint density at radius 3 is 2.68 bits per heavy atom. The van der Waals surface area contributed by atoms with Crippen LogP contribution in [0.1, 0.15) is 28.4 Å². The van der Waals surface area contributed by atoms with Crippen molar-refractivity contribution in [3.05, 3.63) is 64.7 Å². The van der Waals surface area contributed by atoms with E-state index in [9.17, 15) is 5.11 Å². The molecule has 1 N–H and O–H groups in total. The van der Waals surface area contributed by atoms with Gasteiger partial charge in [0, 0.05) is 0 Å². The molecular formula is C16H13NO2. The summed E-state index contributed by atoms with van der Waals surface area (Å²) in [7, 11) is 0. The molecule has 3 nitrogen and oxygen atoms in total. The Morgan fingerprint density at radius 1 is 1.16 bits per heavy atom. The molecule has 0 saturated heterocycles. The number of phenolic OH excluding ortho intramolecular Hbond substituents is 1. The Bertz CT molecular complexity index is 641. The van der Waals surface area contributed by atoms with E-state index in [4.69, 9.17) is 10.00 Å². The maximum absolute atomic E-state index is 9.54. The van der Waals surface area contributed by atoms with E-state index in [-0.39, 0.29) is 6.10 Å². The molecule has 1 aliphatic rings. The number of ether oxygens (including phenoxy) is 1. The van der Waals surface area contributed by atoms with Crippen LogP contribution in [0.2, 0.25) is 0 Å². The Morgan fingerprint density at radius 2 is 1.95 bits per heavy atom. The zero-order chi connectivity index (χ0) is 13.2. The van der Waals surface area contributed by atoms with Gasteiger partial charge >= 0.3 is 0 Å². The molecule has 0 aromatic heterocycles. The first-order valence-electron chi connectivity index (χ1n) is 6.21. The van der Waals surface area contributed by atoms with Crippen molar-refractivity contribution in [2.75, 3.05) is 6.61 Å². The number of rotatable bonds is 1. The van der Waals surface area contributed by atoms with Gasteiger partial charge in [0.2, 0.25) is 0 Å². The molecule has 1 atom stereocenters. The van der Waals surface area contributed by atoms with Crippen LogP contribution < -0.4 is 0 Å². The highest BCUT2D eigenvalue weighted by molar-refractivity contribution is 5.43.